The first-order chi connectivity index (χ1) is 7.67. The van der Waals surface area contributed by atoms with Crippen LogP contribution in [0.1, 0.15) is 6.92 Å². The lowest BCUT2D eigenvalue weighted by Crippen LogP contribution is -2.41. The maximum atomic E-state index is 12.1. The molecule has 1 atom stereocenters. The van der Waals surface area contributed by atoms with E-state index in [9.17, 15) is 16.8 Å². The summed E-state index contributed by atoms with van der Waals surface area (Å²) in [6.45, 7) is 0.894. The quantitative estimate of drug-likeness (QED) is 0.810. The van der Waals surface area contributed by atoms with Crippen molar-refractivity contribution in [3.05, 3.63) is 30.3 Å². The van der Waals surface area contributed by atoms with E-state index in [-0.39, 0.29) is 4.90 Å². The van der Waals surface area contributed by atoms with Crippen LogP contribution in [-0.2, 0) is 19.7 Å². The van der Waals surface area contributed by atoms with Crippen LogP contribution >= 0.6 is 0 Å². The minimum atomic E-state index is -4.26. The van der Waals surface area contributed by atoms with E-state index < -0.39 is 23.8 Å². The maximum Gasteiger partial charge on any atom is 0.259 e. The first-order valence-corrected chi connectivity index (χ1v) is 7.95. The highest BCUT2D eigenvalue weighted by Crippen LogP contribution is 2.29. The van der Waals surface area contributed by atoms with E-state index in [0.29, 0.717) is 0 Å². The zero-order valence-corrected chi connectivity index (χ0v) is 10.9. The smallest absolute Gasteiger partial charge is 0.226 e. The Kier molecular flexibility index (Phi) is 3.32. The SMILES string of the molecule is C[C@@](C#N)(S(C)(=O)=O)S(=O)(=O)c1ccccc1. The van der Waals surface area contributed by atoms with Gasteiger partial charge in [0.25, 0.3) is 4.08 Å². The summed E-state index contributed by atoms with van der Waals surface area (Å²) < 4.78 is 44.8. The highest BCUT2D eigenvalue weighted by atomic mass is 32.3. The Labute approximate surface area is 101 Å². The van der Waals surface area contributed by atoms with Gasteiger partial charge < -0.3 is 0 Å². The molecule has 17 heavy (non-hydrogen) atoms. The Morgan fingerprint density at radius 3 is 1.94 bits per heavy atom. The van der Waals surface area contributed by atoms with Gasteiger partial charge in [-0.1, -0.05) is 18.2 Å². The highest BCUT2D eigenvalue weighted by Gasteiger charge is 2.50. The average Bonchev–Trinajstić information content (AvgIpc) is 2.27. The molecular weight excluding hydrogens is 262 g/mol. The maximum absolute atomic E-state index is 12.1. The largest absolute Gasteiger partial charge is 0.259 e. The summed E-state index contributed by atoms with van der Waals surface area (Å²) in [5.74, 6) is 0. The molecule has 0 unspecified atom stereocenters. The molecule has 0 saturated carbocycles. The lowest BCUT2D eigenvalue weighted by Gasteiger charge is -2.19. The summed E-state index contributed by atoms with van der Waals surface area (Å²) >= 11 is 0. The van der Waals surface area contributed by atoms with E-state index in [1.807, 2.05) is 0 Å². The van der Waals surface area contributed by atoms with Gasteiger partial charge in [-0.2, -0.15) is 5.26 Å². The molecule has 7 heteroatoms. The van der Waals surface area contributed by atoms with Gasteiger partial charge in [0, 0.05) is 6.26 Å². The first kappa shape index (κ1) is 13.7. The van der Waals surface area contributed by atoms with E-state index >= 15 is 0 Å². The molecule has 0 aromatic heterocycles. The first-order valence-electron chi connectivity index (χ1n) is 4.57. The van der Waals surface area contributed by atoms with Crippen LogP contribution in [0.4, 0.5) is 0 Å². The minimum absolute atomic E-state index is 0.186. The number of nitrogens with zero attached hydrogens (tertiary/aromatic N) is 1. The Bertz CT molecular complexity index is 656. The summed E-state index contributed by atoms with van der Waals surface area (Å²) in [6.07, 6.45) is 0.733. The van der Waals surface area contributed by atoms with Crippen LogP contribution in [-0.4, -0.2) is 27.2 Å². The Balaban J connectivity index is 3.60. The van der Waals surface area contributed by atoms with Crippen LogP contribution in [0.2, 0.25) is 0 Å². The Morgan fingerprint density at radius 2 is 1.59 bits per heavy atom. The van der Waals surface area contributed by atoms with Crippen LogP contribution < -0.4 is 0 Å². The van der Waals surface area contributed by atoms with Gasteiger partial charge in [0.05, 0.1) is 4.90 Å². The molecule has 1 aromatic rings. The number of hydrogen-bond acceptors (Lipinski definition) is 5. The topological polar surface area (TPSA) is 92.1 Å². The number of sulfone groups is 2. The summed E-state index contributed by atoms with van der Waals surface area (Å²) in [7, 11) is -8.33. The van der Waals surface area contributed by atoms with Gasteiger partial charge in [-0.15, -0.1) is 0 Å². The normalized spacial score (nSPS) is 15.8. The van der Waals surface area contributed by atoms with Crippen molar-refractivity contribution in [2.75, 3.05) is 6.26 Å². The molecule has 0 aliphatic carbocycles. The molecule has 0 aliphatic heterocycles. The Hall–Kier alpha value is -1.39. The van der Waals surface area contributed by atoms with Gasteiger partial charge in [-0.3, -0.25) is 0 Å². The molecule has 1 rings (SSSR count). The molecule has 0 radical (unpaired) electrons. The van der Waals surface area contributed by atoms with Gasteiger partial charge in [0.15, 0.2) is 9.84 Å². The zero-order valence-electron chi connectivity index (χ0n) is 9.28. The van der Waals surface area contributed by atoms with E-state index in [1.54, 1.807) is 6.07 Å². The van der Waals surface area contributed by atoms with E-state index in [0.717, 1.165) is 13.2 Å². The van der Waals surface area contributed by atoms with Crippen molar-refractivity contribution in [1.82, 2.24) is 0 Å². The molecule has 0 fully saturated rings. The second-order valence-electron chi connectivity index (χ2n) is 3.65. The third-order valence-electron chi connectivity index (χ3n) is 2.48. The number of nitriles is 1. The van der Waals surface area contributed by atoms with Gasteiger partial charge in [0.2, 0.25) is 9.84 Å². The number of rotatable bonds is 3. The monoisotopic (exact) mass is 273 g/mol. The lowest BCUT2D eigenvalue weighted by molar-refractivity contribution is 0.569. The van der Waals surface area contributed by atoms with E-state index in [2.05, 4.69) is 0 Å². The van der Waals surface area contributed by atoms with Gasteiger partial charge in [-0.25, -0.2) is 16.8 Å². The molecule has 5 nitrogen and oxygen atoms in total. The third-order valence-corrected chi connectivity index (χ3v) is 7.56. The number of hydrogen-bond donors (Lipinski definition) is 0. The molecule has 0 aliphatic rings. The predicted molar refractivity (Wildman–Crippen MR) is 62.5 cm³/mol. The fourth-order valence-corrected chi connectivity index (χ4v) is 4.30. The van der Waals surface area contributed by atoms with Gasteiger partial charge in [-0.05, 0) is 19.1 Å². The van der Waals surface area contributed by atoms with Crippen LogP contribution in [0.3, 0.4) is 0 Å². The second kappa shape index (κ2) is 4.13. The van der Waals surface area contributed by atoms with Crippen LogP contribution in [0.15, 0.2) is 35.2 Å². The molecular formula is C10H11NO4S2. The minimum Gasteiger partial charge on any atom is -0.226 e. The molecule has 0 amide bonds. The summed E-state index contributed by atoms with van der Waals surface area (Å²) in [6, 6.07) is 8.43. The van der Waals surface area contributed by atoms with Gasteiger partial charge >= 0.3 is 0 Å². The third kappa shape index (κ3) is 2.06. The van der Waals surface area contributed by atoms with Crippen molar-refractivity contribution in [3.8, 4) is 6.07 Å². The fraction of sp³-hybridized carbons (Fsp3) is 0.300. The van der Waals surface area contributed by atoms with Crippen molar-refractivity contribution in [1.29, 1.82) is 5.26 Å². The van der Waals surface area contributed by atoms with Crippen LogP contribution in [0.25, 0.3) is 0 Å². The standard InChI is InChI=1S/C10H11NO4S2/c1-10(8-11,16(2,12)13)17(14,15)9-6-4-3-5-7-9/h3-7H,1-2H3/t10-/m1/s1. The Morgan fingerprint density at radius 1 is 1.12 bits per heavy atom. The second-order valence-corrected chi connectivity index (χ2v) is 8.56. The van der Waals surface area contributed by atoms with Gasteiger partial charge in [0.1, 0.15) is 6.07 Å². The molecule has 0 spiro atoms. The summed E-state index contributed by atoms with van der Waals surface area (Å²) in [4.78, 5) is -0.186. The molecule has 0 bridgehead atoms. The van der Waals surface area contributed by atoms with Crippen LogP contribution in [0.5, 0.6) is 0 Å². The van der Waals surface area contributed by atoms with Crippen molar-refractivity contribution in [2.24, 2.45) is 0 Å². The molecule has 0 heterocycles. The summed E-state index contributed by atoms with van der Waals surface area (Å²) in [5, 5.41) is 8.91. The predicted octanol–water partition coefficient (Wildman–Crippen LogP) is 0.745. The molecule has 0 N–H and O–H groups in total. The molecule has 92 valence electrons. The van der Waals surface area contributed by atoms with Crippen LogP contribution in [0, 0.1) is 11.3 Å². The molecule has 1 aromatic carbocycles. The highest BCUT2D eigenvalue weighted by molar-refractivity contribution is 8.10. The summed E-state index contributed by atoms with van der Waals surface area (Å²) in [5.41, 5.74) is 0. The van der Waals surface area contributed by atoms with E-state index in [4.69, 9.17) is 5.26 Å². The lowest BCUT2D eigenvalue weighted by atomic mass is 10.4. The van der Waals surface area contributed by atoms with Crippen molar-refractivity contribution >= 4 is 19.7 Å². The van der Waals surface area contributed by atoms with Crippen molar-refractivity contribution in [2.45, 2.75) is 15.9 Å². The van der Waals surface area contributed by atoms with E-state index in [1.165, 1.54) is 30.3 Å². The van der Waals surface area contributed by atoms with Crippen molar-refractivity contribution < 1.29 is 16.8 Å². The average molecular weight is 273 g/mol. The fourth-order valence-electron chi connectivity index (χ4n) is 1.17. The molecule has 0 saturated heterocycles. The van der Waals surface area contributed by atoms with Crippen molar-refractivity contribution in [3.63, 3.8) is 0 Å². The number of benzene rings is 1. The zero-order chi connectivity index (χ0) is 13.3.